The van der Waals surface area contributed by atoms with Gasteiger partial charge in [-0.15, -0.1) is 11.3 Å². The van der Waals surface area contributed by atoms with Crippen molar-refractivity contribution >= 4 is 37.4 Å². The summed E-state index contributed by atoms with van der Waals surface area (Å²) in [5.74, 6) is 0. The third kappa shape index (κ3) is 2.04. The minimum Gasteiger partial charge on any atom is -0.298 e. The lowest BCUT2D eigenvalue weighted by atomic mass is 10.2. The topological polar surface area (TPSA) is 3.24 Å². The van der Waals surface area contributed by atoms with Crippen LogP contribution in [0.5, 0.6) is 0 Å². The van der Waals surface area contributed by atoms with E-state index in [1.807, 2.05) is 11.3 Å². The van der Waals surface area contributed by atoms with Crippen LogP contribution in [0, 0.1) is 0 Å². The van der Waals surface area contributed by atoms with Crippen LogP contribution >= 0.6 is 27.3 Å². The van der Waals surface area contributed by atoms with Gasteiger partial charge in [0.1, 0.15) is 0 Å². The van der Waals surface area contributed by atoms with E-state index in [-0.39, 0.29) is 0 Å². The van der Waals surface area contributed by atoms with Crippen molar-refractivity contribution in [3.8, 4) is 0 Å². The molecule has 2 heterocycles. The van der Waals surface area contributed by atoms with Gasteiger partial charge in [0.25, 0.3) is 0 Å². The molecule has 2 aromatic rings. The fourth-order valence-corrected chi connectivity index (χ4v) is 4.06. The first-order chi connectivity index (χ1) is 7.83. The second-order valence-corrected chi connectivity index (χ2v) is 6.37. The minimum absolute atomic E-state index is 1.13. The van der Waals surface area contributed by atoms with E-state index in [9.17, 15) is 0 Å². The first kappa shape index (κ1) is 10.8. The zero-order valence-electron chi connectivity index (χ0n) is 9.08. The summed E-state index contributed by atoms with van der Waals surface area (Å²) in [4.78, 5) is 4.04. The highest BCUT2D eigenvalue weighted by Crippen LogP contribution is 2.32. The first-order valence-electron chi connectivity index (χ1n) is 5.72. The fourth-order valence-electron chi connectivity index (χ4n) is 2.32. The SMILES string of the molecule is Brc1cccc2sc(CN3CCCC3)cc12. The Hall–Kier alpha value is -0.380. The molecule has 1 fully saturated rings. The highest BCUT2D eigenvalue weighted by molar-refractivity contribution is 9.10. The van der Waals surface area contributed by atoms with Crippen LogP contribution < -0.4 is 0 Å². The van der Waals surface area contributed by atoms with Crippen LogP contribution in [-0.2, 0) is 6.54 Å². The van der Waals surface area contributed by atoms with E-state index >= 15 is 0 Å². The molecule has 3 heteroatoms. The molecular formula is C13H14BrNS. The highest BCUT2D eigenvalue weighted by Gasteiger charge is 2.13. The molecule has 0 N–H and O–H groups in total. The number of rotatable bonds is 2. The molecule has 0 unspecified atom stereocenters. The van der Waals surface area contributed by atoms with Crippen molar-refractivity contribution in [2.75, 3.05) is 13.1 Å². The van der Waals surface area contributed by atoms with Crippen molar-refractivity contribution in [2.24, 2.45) is 0 Å². The van der Waals surface area contributed by atoms with Crippen molar-refractivity contribution in [3.63, 3.8) is 0 Å². The fraction of sp³-hybridized carbons (Fsp3) is 0.385. The number of likely N-dealkylation sites (tertiary alicyclic amines) is 1. The Labute approximate surface area is 108 Å². The first-order valence-corrected chi connectivity index (χ1v) is 7.33. The molecule has 0 spiro atoms. The van der Waals surface area contributed by atoms with Gasteiger partial charge in [0.15, 0.2) is 0 Å². The summed E-state index contributed by atoms with van der Waals surface area (Å²) >= 11 is 5.54. The number of benzene rings is 1. The maximum absolute atomic E-state index is 3.62. The van der Waals surface area contributed by atoms with Gasteiger partial charge in [0, 0.05) is 26.0 Å². The van der Waals surface area contributed by atoms with E-state index in [4.69, 9.17) is 0 Å². The van der Waals surface area contributed by atoms with Crippen molar-refractivity contribution in [2.45, 2.75) is 19.4 Å². The smallest absolute Gasteiger partial charge is 0.0357 e. The molecule has 3 rings (SSSR count). The predicted molar refractivity (Wildman–Crippen MR) is 74.0 cm³/mol. The molecule has 1 saturated heterocycles. The number of thiophene rings is 1. The van der Waals surface area contributed by atoms with Crippen molar-refractivity contribution < 1.29 is 0 Å². The molecule has 84 valence electrons. The van der Waals surface area contributed by atoms with Crippen LogP contribution in [0.2, 0.25) is 0 Å². The highest BCUT2D eigenvalue weighted by atomic mass is 79.9. The molecule has 1 nitrogen and oxygen atoms in total. The van der Waals surface area contributed by atoms with Gasteiger partial charge in [-0.05, 0) is 44.1 Å². The number of fused-ring (bicyclic) bond motifs is 1. The van der Waals surface area contributed by atoms with Crippen LogP contribution in [0.4, 0.5) is 0 Å². The zero-order chi connectivity index (χ0) is 11.0. The second-order valence-electron chi connectivity index (χ2n) is 4.35. The zero-order valence-corrected chi connectivity index (χ0v) is 11.5. The Morgan fingerprint density at radius 2 is 2.06 bits per heavy atom. The molecule has 0 amide bonds. The molecule has 1 aliphatic heterocycles. The van der Waals surface area contributed by atoms with Gasteiger partial charge < -0.3 is 0 Å². The number of hydrogen-bond acceptors (Lipinski definition) is 2. The lowest BCUT2D eigenvalue weighted by molar-refractivity contribution is 0.334. The summed E-state index contributed by atoms with van der Waals surface area (Å²) in [6.45, 7) is 3.68. The summed E-state index contributed by atoms with van der Waals surface area (Å²) in [6.07, 6.45) is 2.74. The molecule has 1 aliphatic rings. The molecule has 0 aliphatic carbocycles. The number of halogens is 1. The van der Waals surface area contributed by atoms with Crippen LogP contribution in [0.15, 0.2) is 28.7 Å². The van der Waals surface area contributed by atoms with E-state index in [1.54, 1.807) is 0 Å². The molecule has 16 heavy (non-hydrogen) atoms. The quantitative estimate of drug-likeness (QED) is 0.800. The normalized spacial score (nSPS) is 17.3. The van der Waals surface area contributed by atoms with Crippen LogP contribution in [0.25, 0.3) is 10.1 Å². The molecule has 0 radical (unpaired) electrons. The van der Waals surface area contributed by atoms with E-state index in [0.29, 0.717) is 0 Å². The van der Waals surface area contributed by atoms with Crippen molar-refractivity contribution in [1.82, 2.24) is 4.90 Å². The Balaban J connectivity index is 1.90. The third-order valence-electron chi connectivity index (χ3n) is 3.14. The lowest BCUT2D eigenvalue weighted by Crippen LogP contribution is -2.17. The summed E-state index contributed by atoms with van der Waals surface area (Å²) in [5, 5.41) is 1.36. The molecule has 1 aromatic heterocycles. The van der Waals surface area contributed by atoms with Crippen LogP contribution in [0.1, 0.15) is 17.7 Å². The van der Waals surface area contributed by atoms with Gasteiger partial charge in [-0.2, -0.15) is 0 Å². The largest absolute Gasteiger partial charge is 0.298 e. The lowest BCUT2D eigenvalue weighted by Gasteiger charge is -2.12. The Morgan fingerprint density at radius 1 is 1.25 bits per heavy atom. The Bertz CT molecular complexity index is 500. The minimum atomic E-state index is 1.13. The number of nitrogens with zero attached hydrogens (tertiary/aromatic N) is 1. The standard InChI is InChI=1S/C13H14BrNS/c14-12-4-3-5-13-11(12)8-10(16-13)9-15-6-1-2-7-15/h3-5,8H,1-2,6-7,9H2. The summed E-state index contributed by atoms with van der Waals surface area (Å²) in [6, 6.07) is 8.78. The second kappa shape index (κ2) is 4.47. The number of hydrogen-bond donors (Lipinski definition) is 0. The Morgan fingerprint density at radius 3 is 2.81 bits per heavy atom. The van der Waals surface area contributed by atoms with Gasteiger partial charge in [-0.25, -0.2) is 0 Å². The summed E-state index contributed by atoms with van der Waals surface area (Å²) in [5.41, 5.74) is 0. The van der Waals surface area contributed by atoms with Gasteiger partial charge in [-0.3, -0.25) is 4.90 Å². The monoisotopic (exact) mass is 295 g/mol. The van der Waals surface area contributed by atoms with Gasteiger partial charge in [0.2, 0.25) is 0 Å². The van der Waals surface area contributed by atoms with Gasteiger partial charge >= 0.3 is 0 Å². The Kier molecular flexibility index (Phi) is 3.01. The molecule has 0 bridgehead atoms. The molecule has 0 atom stereocenters. The van der Waals surface area contributed by atoms with Crippen LogP contribution in [-0.4, -0.2) is 18.0 Å². The summed E-state index contributed by atoms with van der Waals surface area (Å²) < 4.78 is 2.61. The maximum Gasteiger partial charge on any atom is 0.0357 e. The molecule has 1 aromatic carbocycles. The molecule has 0 saturated carbocycles. The predicted octanol–water partition coefficient (Wildman–Crippen LogP) is 4.26. The van der Waals surface area contributed by atoms with E-state index < -0.39 is 0 Å². The summed E-state index contributed by atoms with van der Waals surface area (Å²) in [7, 11) is 0. The average Bonchev–Trinajstić information content (AvgIpc) is 2.88. The van der Waals surface area contributed by atoms with E-state index in [0.717, 1.165) is 6.54 Å². The average molecular weight is 296 g/mol. The van der Waals surface area contributed by atoms with Gasteiger partial charge in [-0.1, -0.05) is 22.0 Å². The third-order valence-corrected chi connectivity index (χ3v) is 4.91. The van der Waals surface area contributed by atoms with E-state index in [2.05, 4.69) is 45.1 Å². The van der Waals surface area contributed by atoms with Crippen molar-refractivity contribution in [3.05, 3.63) is 33.6 Å². The van der Waals surface area contributed by atoms with Crippen molar-refractivity contribution in [1.29, 1.82) is 0 Å². The van der Waals surface area contributed by atoms with Gasteiger partial charge in [0.05, 0.1) is 0 Å². The van der Waals surface area contributed by atoms with Crippen LogP contribution in [0.3, 0.4) is 0 Å². The maximum atomic E-state index is 3.62. The molecular weight excluding hydrogens is 282 g/mol. The van der Waals surface area contributed by atoms with E-state index in [1.165, 1.54) is 45.4 Å².